The van der Waals surface area contributed by atoms with Crippen molar-refractivity contribution >= 4 is 0 Å². The maximum atomic E-state index is 9.24. The average molecular weight is 192 g/mol. The Bertz CT molecular complexity index is 111. The molecule has 2 unspecified atom stereocenters. The van der Waals surface area contributed by atoms with Crippen molar-refractivity contribution in [2.24, 2.45) is 0 Å². The van der Waals surface area contributed by atoms with Crippen LogP contribution in [0.3, 0.4) is 0 Å². The minimum Gasteiger partial charge on any atom is -0.368 e. The predicted molar refractivity (Wildman–Crippen MR) is 49.1 cm³/mol. The molecule has 0 saturated carbocycles. The number of hydrogen-bond donors (Lipinski definition) is 2. The monoisotopic (exact) mass is 192 g/mol. The molecule has 2 atom stereocenters. The number of hydrogen-bond acceptors (Lipinski definition) is 4. The fourth-order valence-electron chi connectivity index (χ4n) is 0.912. The molecule has 0 bridgehead atoms. The van der Waals surface area contributed by atoms with Gasteiger partial charge in [0.2, 0.25) is 0 Å². The van der Waals surface area contributed by atoms with Gasteiger partial charge in [0, 0.05) is 6.42 Å². The Hall–Kier alpha value is -0.160. The zero-order valence-corrected chi connectivity index (χ0v) is 8.73. The molecule has 13 heavy (non-hydrogen) atoms. The average Bonchev–Trinajstić information content (AvgIpc) is 1.80. The Kier molecular flexibility index (Phi) is 6.24. The van der Waals surface area contributed by atoms with Gasteiger partial charge in [0.25, 0.3) is 0 Å². The van der Waals surface area contributed by atoms with Gasteiger partial charge in [-0.1, -0.05) is 0 Å². The van der Waals surface area contributed by atoms with Crippen molar-refractivity contribution in [2.75, 3.05) is 0 Å². The minimum absolute atomic E-state index is 0.0544. The van der Waals surface area contributed by atoms with Crippen LogP contribution >= 0.6 is 0 Å². The fraction of sp³-hybridized carbons (Fsp3) is 1.00. The van der Waals surface area contributed by atoms with Crippen LogP contribution in [0.15, 0.2) is 0 Å². The first-order chi connectivity index (χ1) is 5.91. The third kappa shape index (κ3) is 8.18. The van der Waals surface area contributed by atoms with Gasteiger partial charge >= 0.3 is 0 Å². The first kappa shape index (κ1) is 12.8. The quantitative estimate of drug-likeness (QED) is 0.613. The topological polar surface area (TPSA) is 58.9 Å². The van der Waals surface area contributed by atoms with E-state index in [1.807, 2.05) is 27.7 Å². The van der Waals surface area contributed by atoms with E-state index in [2.05, 4.69) is 0 Å². The summed E-state index contributed by atoms with van der Waals surface area (Å²) in [6, 6.07) is 0. The maximum Gasteiger partial charge on any atom is 0.159 e. The van der Waals surface area contributed by atoms with Crippen LogP contribution in [-0.2, 0) is 9.47 Å². The van der Waals surface area contributed by atoms with Crippen LogP contribution in [0, 0.1) is 0 Å². The number of ether oxygens (including phenoxy) is 2. The smallest absolute Gasteiger partial charge is 0.159 e. The molecule has 2 N–H and O–H groups in total. The largest absolute Gasteiger partial charge is 0.368 e. The van der Waals surface area contributed by atoms with E-state index in [1.54, 1.807) is 0 Å². The summed E-state index contributed by atoms with van der Waals surface area (Å²) in [4.78, 5) is 0. The highest BCUT2D eigenvalue weighted by Crippen LogP contribution is 2.06. The highest BCUT2D eigenvalue weighted by Gasteiger charge is 2.14. The van der Waals surface area contributed by atoms with Gasteiger partial charge in [-0.15, -0.1) is 0 Å². The molecule has 0 aliphatic rings. The molecule has 0 saturated heterocycles. The van der Waals surface area contributed by atoms with E-state index in [0.29, 0.717) is 0 Å². The summed E-state index contributed by atoms with van der Waals surface area (Å²) >= 11 is 0. The van der Waals surface area contributed by atoms with Crippen LogP contribution in [-0.4, -0.2) is 35.0 Å². The van der Waals surface area contributed by atoms with Crippen molar-refractivity contribution in [3.05, 3.63) is 0 Å². The summed E-state index contributed by atoms with van der Waals surface area (Å²) < 4.78 is 10.0. The van der Waals surface area contributed by atoms with Crippen LogP contribution in [0.2, 0.25) is 0 Å². The van der Waals surface area contributed by atoms with E-state index in [4.69, 9.17) is 9.47 Å². The number of rotatable bonds is 6. The molecule has 0 fully saturated rings. The van der Waals surface area contributed by atoms with Gasteiger partial charge in [0.15, 0.2) is 12.6 Å². The van der Waals surface area contributed by atoms with Crippen molar-refractivity contribution in [1.29, 1.82) is 0 Å². The first-order valence-corrected chi connectivity index (χ1v) is 4.59. The summed E-state index contributed by atoms with van der Waals surface area (Å²) in [7, 11) is 0. The van der Waals surface area contributed by atoms with Crippen molar-refractivity contribution in [2.45, 2.75) is 58.9 Å². The molecule has 0 heterocycles. The normalized spacial score (nSPS) is 16.6. The zero-order chi connectivity index (χ0) is 10.4. The van der Waals surface area contributed by atoms with Crippen molar-refractivity contribution in [1.82, 2.24) is 0 Å². The van der Waals surface area contributed by atoms with Crippen LogP contribution in [0.1, 0.15) is 34.1 Å². The molecule has 0 spiro atoms. The van der Waals surface area contributed by atoms with Crippen LogP contribution in [0.25, 0.3) is 0 Å². The Balaban J connectivity index is 3.58. The number of aliphatic hydroxyl groups is 2. The Morgan fingerprint density at radius 3 is 1.38 bits per heavy atom. The molecule has 0 aliphatic carbocycles. The molecular weight excluding hydrogens is 172 g/mol. The molecule has 80 valence electrons. The maximum absolute atomic E-state index is 9.24. The molecule has 0 amide bonds. The van der Waals surface area contributed by atoms with Crippen LogP contribution in [0.4, 0.5) is 0 Å². The molecule has 4 nitrogen and oxygen atoms in total. The zero-order valence-electron chi connectivity index (χ0n) is 8.73. The summed E-state index contributed by atoms with van der Waals surface area (Å²) in [5, 5.41) is 18.5. The Morgan fingerprint density at radius 1 is 0.846 bits per heavy atom. The third-order valence-corrected chi connectivity index (χ3v) is 1.26. The van der Waals surface area contributed by atoms with Gasteiger partial charge < -0.3 is 19.7 Å². The first-order valence-electron chi connectivity index (χ1n) is 4.59. The van der Waals surface area contributed by atoms with Gasteiger partial charge in [-0.05, 0) is 27.7 Å². The molecule has 0 aromatic carbocycles. The molecule has 0 aliphatic heterocycles. The molecule has 0 rings (SSSR count). The van der Waals surface area contributed by atoms with Gasteiger partial charge in [-0.2, -0.15) is 0 Å². The summed E-state index contributed by atoms with van der Waals surface area (Å²) in [6.45, 7) is 7.27. The minimum atomic E-state index is -0.964. The second kappa shape index (κ2) is 6.32. The van der Waals surface area contributed by atoms with Crippen molar-refractivity contribution < 1.29 is 19.7 Å². The van der Waals surface area contributed by atoms with Gasteiger partial charge in [-0.25, -0.2) is 0 Å². The lowest BCUT2D eigenvalue weighted by Gasteiger charge is -2.19. The van der Waals surface area contributed by atoms with E-state index in [-0.39, 0.29) is 18.6 Å². The standard InChI is InChI=1S/C9H20O4/c1-6(2)12-8(10)5-9(11)13-7(3)4/h6-11H,5H2,1-4H3. The Labute approximate surface area is 79.5 Å². The molecule has 4 heteroatoms. The highest BCUT2D eigenvalue weighted by atomic mass is 16.6. The van der Waals surface area contributed by atoms with E-state index < -0.39 is 12.6 Å². The van der Waals surface area contributed by atoms with Crippen molar-refractivity contribution in [3.8, 4) is 0 Å². The molecule has 0 aromatic rings. The second-order valence-corrected chi connectivity index (χ2v) is 3.51. The molecular formula is C9H20O4. The van der Waals surface area contributed by atoms with E-state index in [9.17, 15) is 10.2 Å². The SMILES string of the molecule is CC(C)OC(O)CC(O)OC(C)C. The summed E-state index contributed by atoms with van der Waals surface area (Å²) in [6.07, 6.45) is -1.96. The van der Waals surface area contributed by atoms with Crippen LogP contribution in [0.5, 0.6) is 0 Å². The van der Waals surface area contributed by atoms with Gasteiger partial charge in [0.05, 0.1) is 12.2 Å². The van der Waals surface area contributed by atoms with E-state index in [0.717, 1.165) is 0 Å². The van der Waals surface area contributed by atoms with Gasteiger partial charge in [0.1, 0.15) is 0 Å². The second-order valence-electron chi connectivity index (χ2n) is 3.51. The highest BCUT2D eigenvalue weighted by molar-refractivity contribution is 4.50. The fourth-order valence-corrected chi connectivity index (χ4v) is 0.912. The lowest BCUT2D eigenvalue weighted by Crippen LogP contribution is -2.26. The summed E-state index contributed by atoms with van der Waals surface area (Å²) in [5.41, 5.74) is 0. The van der Waals surface area contributed by atoms with Crippen molar-refractivity contribution in [3.63, 3.8) is 0 Å². The molecule has 0 aromatic heterocycles. The van der Waals surface area contributed by atoms with Gasteiger partial charge in [-0.3, -0.25) is 0 Å². The Morgan fingerprint density at radius 2 is 1.15 bits per heavy atom. The lowest BCUT2D eigenvalue weighted by atomic mass is 10.3. The lowest BCUT2D eigenvalue weighted by molar-refractivity contribution is -0.196. The third-order valence-electron chi connectivity index (χ3n) is 1.26. The van der Waals surface area contributed by atoms with E-state index >= 15 is 0 Å². The van der Waals surface area contributed by atoms with E-state index in [1.165, 1.54) is 0 Å². The molecule has 0 radical (unpaired) electrons. The van der Waals surface area contributed by atoms with Crippen LogP contribution < -0.4 is 0 Å². The number of aliphatic hydroxyl groups excluding tert-OH is 2. The predicted octanol–water partition coefficient (Wildman–Crippen LogP) is 0.863. The summed E-state index contributed by atoms with van der Waals surface area (Å²) in [5.74, 6) is 0.